The van der Waals surface area contributed by atoms with Gasteiger partial charge in [-0.15, -0.1) is 0 Å². The number of hydrogen-bond donors (Lipinski definition) is 1. The van der Waals surface area contributed by atoms with E-state index in [0.717, 1.165) is 24.0 Å². The van der Waals surface area contributed by atoms with E-state index in [9.17, 15) is 9.59 Å². The summed E-state index contributed by atoms with van der Waals surface area (Å²) in [7, 11) is 1.69. The standard InChI is InChI=1S/C18H26N2O4/c1-6-20(5)17(22)23-15-9-7-8-12-13(15)10-11-14(12)19-16(21)24-18(2,3)4/h7-9,14H,6,10-11H2,1-5H3,(H,19,21). The van der Waals surface area contributed by atoms with Crippen molar-refractivity contribution < 1.29 is 19.1 Å². The van der Waals surface area contributed by atoms with Crippen LogP contribution < -0.4 is 10.1 Å². The Labute approximate surface area is 143 Å². The Kier molecular flexibility index (Phi) is 5.36. The third-order valence-electron chi connectivity index (χ3n) is 3.90. The molecule has 132 valence electrons. The third kappa shape index (κ3) is 4.40. The van der Waals surface area contributed by atoms with Crippen LogP contribution in [0.15, 0.2) is 18.2 Å². The van der Waals surface area contributed by atoms with E-state index in [0.29, 0.717) is 12.3 Å². The van der Waals surface area contributed by atoms with E-state index in [-0.39, 0.29) is 12.1 Å². The molecule has 1 N–H and O–H groups in total. The Morgan fingerprint density at radius 3 is 2.67 bits per heavy atom. The number of carbonyl (C=O) groups is 2. The van der Waals surface area contributed by atoms with Crippen LogP contribution in [0.3, 0.4) is 0 Å². The number of alkyl carbamates (subject to hydrolysis) is 1. The average molecular weight is 334 g/mol. The first kappa shape index (κ1) is 18.1. The zero-order chi connectivity index (χ0) is 17.9. The van der Waals surface area contributed by atoms with Gasteiger partial charge in [-0.3, -0.25) is 0 Å². The SMILES string of the molecule is CCN(C)C(=O)Oc1cccc2c1CCC2NC(=O)OC(C)(C)C. The predicted octanol–water partition coefficient (Wildman–Crippen LogP) is 3.65. The topological polar surface area (TPSA) is 67.9 Å². The van der Waals surface area contributed by atoms with Gasteiger partial charge in [-0.1, -0.05) is 12.1 Å². The second-order valence-electron chi connectivity index (χ2n) is 6.94. The van der Waals surface area contributed by atoms with Crippen LogP contribution >= 0.6 is 0 Å². The molecule has 2 amide bonds. The highest BCUT2D eigenvalue weighted by Gasteiger charge is 2.29. The maximum absolute atomic E-state index is 12.0. The quantitative estimate of drug-likeness (QED) is 0.916. The van der Waals surface area contributed by atoms with Crippen molar-refractivity contribution in [3.05, 3.63) is 29.3 Å². The molecule has 0 saturated heterocycles. The molecule has 6 heteroatoms. The van der Waals surface area contributed by atoms with Crippen LogP contribution in [0.2, 0.25) is 0 Å². The number of ether oxygens (including phenoxy) is 2. The van der Waals surface area contributed by atoms with Gasteiger partial charge < -0.3 is 19.7 Å². The molecule has 6 nitrogen and oxygen atoms in total. The molecule has 0 heterocycles. The van der Waals surface area contributed by atoms with Crippen molar-refractivity contribution in [2.75, 3.05) is 13.6 Å². The van der Waals surface area contributed by atoms with Gasteiger partial charge in [-0.2, -0.15) is 0 Å². The van der Waals surface area contributed by atoms with Crippen LogP contribution in [0, 0.1) is 0 Å². The molecule has 2 rings (SSSR count). The Balaban J connectivity index is 2.10. The maximum atomic E-state index is 12.0. The highest BCUT2D eigenvalue weighted by Crippen LogP contribution is 2.37. The van der Waals surface area contributed by atoms with Gasteiger partial charge in [0, 0.05) is 19.2 Å². The van der Waals surface area contributed by atoms with Gasteiger partial charge in [0.25, 0.3) is 0 Å². The molecule has 0 saturated carbocycles. The molecule has 0 spiro atoms. The highest BCUT2D eigenvalue weighted by atomic mass is 16.6. The van der Waals surface area contributed by atoms with Crippen molar-refractivity contribution in [1.82, 2.24) is 10.2 Å². The van der Waals surface area contributed by atoms with E-state index in [1.54, 1.807) is 13.1 Å². The van der Waals surface area contributed by atoms with E-state index >= 15 is 0 Å². The molecule has 0 aromatic heterocycles. The smallest absolute Gasteiger partial charge is 0.414 e. The number of hydrogen-bond acceptors (Lipinski definition) is 4. The molecule has 1 aliphatic carbocycles. The monoisotopic (exact) mass is 334 g/mol. The third-order valence-corrected chi connectivity index (χ3v) is 3.90. The second kappa shape index (κ2) is 7.11. The van der Waals surface area contributed by atoms with E-state index < -0.39 is 11.7 Å². The van der Waals surface area contributed by atoms with Crippen LogP contribution in [-0.4, -0.2) is 36.3 Å². The van der Waals surface area contributed by atoms with Crippen LogP contribution in [0.4, 0.5) is 9.59 Å². The average Bonchev–Trinajstić information content (AvgIpc) is 2.88. The summed E-state index contributed by atoms with van der Waals surface area (Å²) in [5.74, 6) is 0.561. The molecule has 0 fully saturated rings. The number of nitrogens with zero attached hydrogens (tertiary/aromatic N) is 1. The molecule has 1 aromatic carbocycles. The molecule has 0 bridgehead atoms. The van der Waals surface area contributed by atoms with Crippen molar-refractivity contribution in [1.29, 1.82) is 0 Å². The summed E-state index contributed by atoms with van der Waals surface area (Å²) < 4.78 is 10.8. The minimum Gasteiger partial charge on any atom is -0.444 e. The van der Waals surface area contributed by atoms with Crippen molar-refractivity contribution in [2.45, 2.75) is 52.2 Å². The Hall–Kier alpha value is -2.24. The van der Waals surface area contributed by atoms with E-state index in [2.05, 4.69) is 5.32 Å². The van der Waals surface area contributed by atoms with E-state index in [1.165, 1.54) is 4.90 Å². The summed E-state index contributed by atoms with van der Waals surface area (Å²) in [4.78, 5) is 25.5. The zero-order valence-corrected chi connectivity index (χ0v) is 15.0. The predicted molar refractivity (Wildman–Crippen MR) is 91.2 cm³/mol. The molecular formula is C18H26N2O4. The lowest BCUT2D eigenvalue weighted by Gasteiger charge is -2.22. The first-order valence-electron chi connectivity index (χ1n) is 8.25. The molecule has 0 radical (unpaired) electrons. The maximum Gasteiger partial charge on any atom is 0.414 e. The van der Waals surface area contributed by atoms with E-state index in [1.807, 2.05) is 39.8 Å². The second-order valence-corrected chi connectivity index (χ2v) is 6.94. The van der Waals surface area contributed by atoms with Crippen LogP contribution in [0.5, 0.6) is 5.75 Å². The molecule has 1 unspecified atom stereocenters. The number of fused-ring (bicyclic) bond motifs is 1. The number of carbonyl (C=O) groups excluding carboxylic acids is 2. The van der Waals surface area contributed by atoms with Gasteiger partial charge in [-0.05, 0) is 52.2 Å². The van der Waals surface area contributed by atoms with Gasteiger partial charge in [0.05, 0.1) is 6.04 Å². The number of amides is 2. The minimum atomic E-state index is -0.534. The Morgan fingerprint density at radius 2 is 2.04 bits per heavy atom. The van der Waals surface area contributed by atoms with Gasteiger partial charge in [-0.25, -0.2) is 9.59 Å². The lowest BCUT2D eigenvalue weighted by atomic mass is 10.1. The summed E-state index contributed by atoms with van der Waals surface area (Å²) in [5, 5.41) is 2.89. The fourth-order valence-electron chi connectivity index (χ4n) is 2.62. The fraction of sp³-hybridized carbons (Fsp3) is 0.556. The van der Waals surface area contributed by atoms with Gasteiger partial charge in [0.1, 0.15) is 11.4 Å². The van der Waals surface area contributed by atoms with Crippen molar-refractivity contribution in [2.24, 2.45) is 0 Å². The Bertz CT molecular complexity index is 622. The molecular weight excluding hydrogens is 308 g/mol. The summed E-state index contributed by atoms with van der Waals surface area (Å²) in [6.45, 7) is 7.96. The lowest BCUT2D eigenvalue weighted by Crippen LogP contribution is -2.34. The first-order chi connectivity index (χ1) is 11.2. The highest BCUT2D eigenvalue weighted by molar-refractivity contribution is 5.72. The lowest BCUT2D eigenvalue weighted by molar-refractivity contribution is 0.0503. The van der Waals surface area contributed by atoms with Gasteiger partial charge >= 0.3 is 12.2 Å². The van der Waals surface area contributed by atoms with Crippen LogP contribution in [0.25, 0.3) is 0 Å². The molecule has 1 aromatic rings. The van der Waals surface area contributed by atoms with E-state index in [4.69, 9.17) is 9.47 Å². The Morgan fingerprint density at radius 1 is 1.33 bits per heavy atom. The number of benzene rings is 1. The summed E-state index contributed by atoms with van der Waals surface area (Å²) >= 11 is 0. The van der Waals surface area contributed by atoms with Crippen molar-refractivity contribution in [3.63, 3.8) is 0 Å². The molecule has 1 atom stereocenters. The molecule has 1 aliphatic rings. The first-order valence-corrected chi connectivity index (χ1v) is 8.25. The summed E-state index contributed by atoms with van der Waals surface area (Å²) in [6.07, 6.45) is 0.685. The van der Waals surface area contributed by atoms with Gasteiger partial charge in [0.15, 0.2) is 0 Å². The van der Waals surface area contributed by atoms with Gasteiger partial charge in [0.2, 0.25) is 0 Å². The van der Waals surface area contributed by atoms with Crippen molar-refractivity contribution >= 4 is 12.2 Å². The molecule has 24 heavy (non-hydrogen) atoms. The van der Waals surface area contributed by atoms with Crippen LogP contribution in [0.1, 0.15) is 51.3 Å². The van der Waals surface area contributed by atoms with Crippen LogP contribution in [-0.2, 0) is 11.2 Å². The zero-order valence-electron chi connectivity index (χ0n) is 15.0. The summed E-state index contributed by atoms with van der Waals surface area (Å²) in [6, 6.07) is 5.45. The normalized spacial score (nSPS) is 16.3. The summed E-state index contributed by atoms with van der Waals surface area (Å²) in [5.41, 5.74) is 1.41. The minimum absolute atomic E-state index is 0.127. The fourth-order valence-corrected chi connectivity index (χ4v) is 2.62. The largest absolute Gasteiger partial charge is 0.444 e. The number of nitrogens with one attached hydrogen (secondary N) is 1. The number of rotatable bonds is 3. The molecule has 0 aliphatic heterocycles. The van der Waals surface area contributed by atoms with Crippen molar-refractivity contribution in [3.8, 4) is 5.75 Å².